The van der Waals surface area contributed by atoms with Crippen molar-refractivity contribution in [2.24, 2.45) is 0 Å². The van der Waals surface area contributed by atoms with E-state index in [1.807, 2.05) is 18.2 Å². The second kappa shape index (κ2) is 10.2. The smallest absolute Gasteiger partial charge is 0.323 e. The zero-order valence-corrected chi connectivity index (χ0v) is 20.2. The summed E-state index contributed by atoms with van der Waals surface area (Å²) in [4.78, 5) is 27.6. The van der Waals surface area contributed by atoms with Crippen LogP contribution in [0.3, 0.4) is 0 Å². The molecule has 0 unspecified atom stereocenters. The lowest BCUT2D eigenvalue weighted by Gasteiger charge is -2.29. The van der Waals surface area contributed by atoms with Gasteiger partial charge in [0, 0.05) is 47.7 Å². The average molecular weight is 489 g/mol. The van der Waals surface area contributed by atoms with Gasteiger partial charge in [-0.05, 0) is 49.4 Å². The van der Waals surface area contributed by atoms with Gasteiger partial charge in [-0.25, -0.2) is 4.79 Å². The minimum Gasteiger partial charge on any atom is -0.492 e. The van der Waals surface area contributed by atoms with Crippen LogP contribution >= 0.6 is 0 Å². The van der Waals surface area contributed by atoms with Gasteiger partial charge in [0.25, 0.3) is 5.91 Å². The maximum absolute atomic E-state index is 13.0. The summed E-state index contributed by atoms with van der Waals surface area (Å²) in [6.07, 6.45) is 0.819. The maximum Gasteiger partial charge on any atom is 0.323 e. The lowest BCUT2D eigenvalue weighted by atomic mass is 9.92. The third-order valence-corrected chi connectivity index (χ3v) is 6.31. The van der Waals surface area contributed by atoms with Gasteiger partial charge in [-0.1, -0.05) is 24.3 Å². The normalized spacial score (nSPS) is 14.1. The molecule has 0 spiro atoms. The first-order valence-electron chi connectivity index (χ1n) is 11.7. The molecule has 0 saturated carbocycles. The predicted molar refractivity (Wildman–Crippen MR) is 136 cm³/mol. The van der Waals surface area contributed by atoms with Crippen molar-refractivity contribution < 1.29 is 23.8 Å². The summed E-state index contributed by atoms with van der Waals surface area (Å²) in [7, 11) is 3.70. The van der Waals surface area contributed by atoms with E-state index >= 15 is 0 Å². The summed E-state index contributed by atoms with van der Waals surface area (Å²) in [6, 6.07) is 15.6. The summed E-state index contributed by atoms with van der Waals surface area (Å²) in [6.45, 7) is 2.03. The molecule has 36 heavy (non-hydrogen) atoms. The summed E-state index contributed by atoms with van der Waals surface area (Å²) < 4.78 is 17.2. The second-order valence-corrected chi connectivity index (χ2v) is 8.73. The largest absolute Gasteiger partial charge is 0.492 e. The van der Waals surface area contributed by atoms with E-state index in [1.165, 1.54) is 0 Å². The first-order valence-corrected chi connectivity index (χ1v) is 11.7. The Hall–Kier alpha value is -4.24. The van der Waals surface area contributed by atoms with Crippen molar-refractivity contribution >= 4 is 23.3 Å². The van der Waals surface area contributed by atoms with Crippen molar-refractivity contribution in [1.29, 1.82) is 0 Å². The number of nitrogens with one attached hydrogen (secondary N) is 3. The highest BCUT2D eigenvalue weighted by Gasteiger charge is 2.32. The number of para-hydroxylation sites is 1. The molecule has 0 bridgehead atoms. The molecule has 2 heterocycles. The molecule has 2 aliphatic rings. The van der Waals surface area contributed by atoms with Crippen LogP contribution in [0.2, 0.25) is 0 Å². The lowest BCUT2D eigenvalue weighted by Crippen LogP contribution is -2.30. The number of amides is 3. The van der Waals surface area contributed by atoms with E-state index in [-0.39, 0.29) is 25.3 Å². The van der Waals surface area contributed by atoms with Crippen LogP contribution in [0.15, 0.2) is 54.6 Å². The summed E-state index contributed by atoms with van der Waals surface area (Å²) in [5, 5.41) is 8.53. The summed E-state index contributed by atoms with van der Waals surface area (Å²) in [5.41, 5.74) is 4.73. The molecule has 0 aromatic heterocycles. The topological polar surface area (TPSA) is 101 Å². The van der Waals surface area contributed by atoms with Gasteiger partial charge in [-0.2, -0.15) is 0 Å². The fraction of sp³-hybridized carbons (Fsp3) is 0.259. The molecular weight excluding hydrogens is 460 g/mol. The number of nitrogens with zero attached hydrogens (tertiary/aromatic N) is 1. The van der Waals surface area contributed by atoms with Crippen molar-refractivity contribution in [1.82, 2.24) is 10.2 Å². The Balaban J connectivity index is 1.31. The molecule has 2 aliphatic heterocycles. The Morgan fingerprint density at radius 2 is 1.72 bits per heavy atom. The van der Waals surface area contributed by atoms with E-state index in [1.54, 1.807) is 43.5 Å². The number of carbonyl (C=O) groups is 2. The number of hydrogen-bond donors (Lipinski definition) is 3. The van der Waals surface area contributed by atoms with Crippen LogP contribution in [0.5, 0.6) is 17.2 Å². The van der Waals surface area contributed by atoms with E-state index in [2.05, 4.69) is 27.9 Å². The number of ether oxygens (including phenoxy) is 3. The van der Waals surface area contributed by atoms with Gasteiger partial charge < -0.3 is 35.1 Å². The molecule has 3 aromatic carbocycles. The molecule has 3 N–H and O–H groups in total. The number of methoxy groups -OCH3 is 1. The van der Waals surface area contributed by atoms with Crippen LogP contribution < -0.4 is 30.2 Å². The first kappa shape index (κ1) is 23.5. The first-order chi connectivity index (χ1) is 17.5. The van der Waals surface area contributed by atoms with Crippen LogP contribution in [0.25, 0.3) is 0 Å². The number of fused-ring (bicyclic) bond motifs is 2. The van der Waals surface area contributed by atoms with Gasteiger partial charge in [-0.3, -0.25) is 4.79 Å². The molecule has 0 radical (unpaired) electrons. The van der Waals surface area contributed by atoms with Gasteiger partial charge in [0.1, 0.15) is 0 Å². The summed E-state index contributed by atoms with van der Waals surface area (Å²) in [5.74, 6) is 1.66. The maximum atomic E-state index is 13.0. The molecule has 0 aliphatic carbocycles. The van der Waals surface area contributed by atoms with Gasteiger partial charge in [0.2, 0.25) is 12.5 Å². The minimum atomic E-state index is -0.388. The molecular formula is C27H28N4O5. The van der Waals surface area contributed by atoms with E-state index in [0.717, 1.165) is 36.2 Å². The zero-order valence-electron chi connectivity index (χ0n) is 20.2. The van der Waals surface area contributed by atoms with E-state index < -0.39 is 0 Å². The quantitative estimate of drug-likeness (QED) is 0.485. The zero-order chi connectivity index (χ0) is 25.1. The standard InChI is InChI=1S/C27H28N4O5/c1-31-12-11-20-21(24-25(36-16-35-24)23(34-2)22(20)15-31)14-28-26(32)17-7-6-10-19(13-17)30-27(33)29-18-8-4-3-5-9-18/h3-10,13H,11-12,14-16H2,1-2H3,(H,28,32)(H2,29,30,33). The number of likely N-dealkylation sites (N-methyl/N-ethyl adjacent to an activating group) is 1. The Labute approximate surface area is 209 Å². The van der Waals surface area contributed by atoms with Crippen molar-refractivity contribution in [3.05, 3.63) is 76.9 Å². The number of hydrogen-bond acceptors (Lipinski definition) is 6. The molecule has 186 valence electrons. The molecule has 9 nitrogen and oxygen atoms in total. The Kier molecular flexibility index (Phi) is 6.64. The highest BCUT2D eigenvalue weighted by atomic mass is 16.7. The van der Waals surface area contributed by atoms with Crippen molar-refractivity contribution in [3.63, 3.8) is 0 Å². The van der Waals surface area contributed by atoms with Gasteiger partial charge in [0.15, 0.2) is 11.5 Å². The molecule has 0 atom stereocenters. The SMILES string of the molecule is COc1c2c(c(CNC(=O)c3cccc(NC(=O)Nc4ccccc4)c3)c3c1OCO3)CCN(C)C2. The molecule has 0 saturated heterocycles. The van der Waals surface area contributed by atoms with Crippen LogP contribution in [0.4, 0.5) is 16.2 Å². The molecule has 3 aromatic rings. The highest BCUT2D eigenvalue weighted by molar-refractivity contribution is 6.01. The Morgan fingerprint density at radius 3 is 2.53 bits per heavy atom. The number of anilines is 2. The van der Waals surface area contributed by atoms with Gasteiger partial charge in [0.05, 0.1) is 7.11 Å². The Bertz CT molecular complexity index is 1300. The third-order valence-electron chi connectivity index (χ3n) is 6.31. The van der Waals surface area contributed by atoms with Crippen molar-refractivity contribution in [2.75, 3.05) is 38.1 Å². The van der Waals surface area contributed by atoms with E-state index in [0.29, 0.717) is 34.2 Å². The van der Waals surface area contributed by atoms with Crippen LogP contribution in [-0.4, -0.2) is 44.3 Å². The average Bonchev–Trinajstić information content (AvgIpc) is 3.36. The number of rotatable bonds is 6. The van der Waals surface area contributed by atoms with Crippen molar-refractivity contribution in [3.8, 4) is 17.2 Å². The van der Waals surface area contributed by atoms with E-state index in [4.69, 9.17) is 14.2 Å². The minimum absolute atomic E-state index is 0.115. The molecule has 5 rings (SSSR count). The number of carbonyl (C=O) groups excluding carboxylic acids is 2. The third kappa shape index (κ3) is 4.78. The van der Waals surface area contributed by atoms with Crippen LogP contribution in [-0.2, 0) is 19.5 Å². The monoisotopic (exact) mass is 488 g/mol. The van der Waals surface area contributed by atoms with Gasteiger partial charge >= 0.3 is 6.03 Å². The molecule has 3 amide bonds. The molecule has 0 fully saturated rings. The fourth-order valence-electron chi connectivity index (χ4n) is 4.61. The Morgan fingerprint density at radius 1 is 0.972 bits per heavy atom. The van der Waals surface area contributed by atoms with Crippen LogP contribution in [0.1, 0.15) is 27.0 Å². The second-order valence-electron chi connectivity index (χ2n) is 8.73. The van der Waals surface area contributed by atoms with Gasteiger partial charge in [-0.15, -0.1) is 0 Å². The number of urea groups is 1. The summed E-state index contributed by atoms with van der Waals surface area (Å²) >= 11 is 0. The van der Waals surface area contributed by atoms with E-state index in [9.17, 15) is 9.59 Å². The highest BCUT2D eigenvalue weighted by Crippen LogP contribution is 2.49. The van der Waals surface area contributed by atoms with Crippen molar-refractivity contribution in [2.45, 2.75) is 19.5 Å². The number of benzene rings is 3. The predicted octanol–water partition coefficient (Wildman–Crippen LogP) is 3.99. The lowest BCUT2D eigenvalue weighted by molar-refractivity contribution is 0.0950. The molecule has 9 heteroatoms. The van der Waals surface area contributed by atoms with Crippen LogP contribution in [0, 0.1) is 0 Å². The fourth-order valence-corrected chi connectivity index (χ4v) is 4.61.